The van der Waals surface area contributed by atoms with Crippen LogP contribution in [0.3, 0.4) is 0 Å². The number of carboxylic acid groups (broad SMARTS) is 1. The van der Waals surface area contributed by atoms with Crippen molar-refractivity contribution in [3.63, 3.8) is 0 Å². The number of nitrogens with one attached hydrogen (secondary N) is 2. The fourth-order valence-corrected chi connectivity index (χ4v) is 4.19. The van der Waals surface area contributed by atoms with Crippen molar-refractivity contribution < 1.29 is 18.3 Å². The number of aromatic nitrogens is 1. The Hall–Kier alpha value is -2.80. The summed E-state index contributed by atoms with van der Waals surface area (Å²) in [5.41, 5.74) is 2.64. The first kappa shape index (κ1) is 17.0. The van der Waals surface area contributed by atoms with Gasteiger partial charge in [0.15, 0.2) is 0 Å². The number of hydrogen-bond acceptors (Lipinski definition) is 3. The van der Waals surface area contributed by atoms with Crippen LogP contribution < -0.4 is 5.32 Å². The highest BCUT2D eigenvalue weighted by Crippen LogP contribution is 2.28. The standard InChI is InChI=1S/C18H18N2O4S/c1-12-15(9-10-19-18(21)22)16-11-14(7-8-17(16)20-12)25(23,24)13-5-3-2-4-6-13/h2-8,11,19-20H,9-10H2,1H3,(H,21,22). The SMILES string of the molecule is Cc1[nH]c2ccc(S(=O)(=O)c3ccccc3)cc2c1CCNC(=O)O. The number of aromatic amines is 1. The number of sulfone groups is 1. The third-order valence-corrected chi connectivity index (χ3v) is 5.87. The lowest BCUT2D eigenvalue weighted by Crippen LogP contribution is -2.23. The number of hydrogen-bond donors (Lipinski definition) is 3. The number of fused-ring (bicyclic) bond motifs is 1. The van der Waals surface area contributed by atoms with Gasteiger partial charge in [0.2, 0.25) is 9.84 Å². The highest BCUT2D eigenvalue weighted by molar-refractivity contribution is 7.91. The maximum absolute atomic E-state index is 12.8. The van der Waals surface area contributed by atoms with E-state index in [0.29, 0.717) is 6.42 Å². The first-order valence-electron chi connectivity index (χ1n) is 7.78. The van der Waals surface area contributed by atoms with Crippen molar-refractivity contribution in [2.24, 2.45) is 0 Å². The molecule has 25 heavy (non-hydrogen) atoms. The van der Waals surface area contributed by atoms with Crippen LogP contribution in [0.15, 0.2) is 58.3 Å². The number of rotatable bonds is 5. The minimum atomic E-state index is -3.60. The molecule has 0 saturated carbocycles. The summed E-state index contributed by atoms with van der Waals surface area (Å²) in [4.78, 5) is 14.3. The Morgan fingerprint density at radius 3 is 2.52 bits per heavy atom. The van der Waals surface area contributed by atoms with Crippen LogP contribution in [-0.2, 0) is 16.3 Å². The molecule has 0 atom stereocenters. The maximum atomic E-state index is 12.8. The number of H-pyrrole nitrogens is 1. The van der Waals surface area contributed by atoms with Gasteiger partial charge in [-0.1, -0.05) is 18.2 Å². The quantitative estimate of drug-likeness (QED) is 0.652. The molecule has 2 aromatic carbocycles. The molecule has 3 N–H and O–H groups in total. The van der Waals surface area contributed by atoms with Crippen LogP contribution >= 0.6 is 0 Å². The Morgan fingerprint density at radius 1 is 1.12 bits per heavy atom. The molecule has 6 nitrogen and oxygen atoms in total. The summed E-state index contributed by atoms with van der Waals surface area (Å²) in [5, 5.41) is 11.8. The van der Waals surface area contributed by atoms with Crippen molar-refractivity contribution >= 4 is 26.8 Å². The summed E-state index contributed by atoms with van der Waals surface area (Å²) in [6.07, 6.45) is -0.600. The number of carbonyl (C=O) groups is 1. The third-order valence-electron chi connectivity index (χ3n) is 4.11. The topological polar surface area (TPSA) is 99.3 Å². The Bertz CT molecular complexity index is 1020. The van der Waals surface area contributed by atoms with E-state index in [1.807, 2.05) is 6.92 Å². The smallest absolute Gasteiger partial charge is 0.404 e. The van der Waals surface area contributed by atoms with Gasteiger partial charge in [0.25, 0.3) is 0 Å². The Morgan fingerprint density at radius 2 is 1.84 bits per heavy atom. The van der Waals surface area contributed by atoms with Gasteiger partial charge in [-0.15, -0.1) is 0 Å². The number of amides is 1. The van der Waals surface area contributed by atoms with Gasteiger partial charge < -0.3 is 15.4 Å². The lowest BCUT2D eigenvalue weighted by Gasteiger charge is -2.06. The number of benzene rings is 2. The molecular weight excluding hydrogens is 340 g/mol. The Kier molecular flexibility index (Phi) is 4.50. The molecule has 0 bridgehead atoms. The summed E-state index contributed by atoms with van der Waals surface area (Å²) in [6.45, 7) is 2.15. The molecule has 1 heterocycles. The largest absolute Gasteiger partial charge is 0.465 e. The second-order valence-corrected chi connectivity index (χ2v) is 7.68. The van der Waals surface area contributed by atoms with Crippen LogP contribution in [0.2, 0.25) is 0 Å². The van der Waals surface area contributed by atoms with Gasteiger partial charge in [-0.05, 0) is 49.2 Å². The summed E-state index contributed by atoms with van der Waals surface area (Å²) < 4.78 is 25.6. The van der Waals surface area contributed by atoms with E-state index in [4.69, 9.17) is 5.11 Å². The molecule has 7 heteroatoms. The summed E-state index contributed by atoms with van der Waals surface area (Å²) in [6, 6.07) is 13.3. The van der Waals surface area contributed by atoms with Crippen molar-refractivity contribution in [3.05, 3.63) is 59.8 Å². The second-order valence-electron chi connectivity index (χ2n) is 5.73. The highest BCUT2D eigenvalue weighted by atomic mass is 32.2. The maximum Gasteiger partial charge on any atom is 0.404 e. The van der Waals surface area contributed by atoms with E-state index in [2.05, 4.69) is 10.3 Å². The van der Waals surface area contributed by atoms with Crippen molar-refractivity contribution in [2.45, 2.75) is 23.1 Å². The molecule has 1 aromatic heterocycles. The van der Waals surface area contributed by atoms with Crippen molar-refractivity contribution in [1.82, 2.24) is 10.3 Å². The van der Waals surface area contributed by atoms with E-state index in [-0.39, 0.29) is 16.3 Å². The van der Waals surface area contributed by atoms with E-state index in [0.717, 1.165) is 22.2 Å². The van der Waals surface area contributed by atoms with Gasteiger partial charge in [0.05, 0.1) is 9.79 Å². The van der Waals surface area contributed by atoms with Gasteiger partial charge >= 0.3 is 6.09 Å². The molecule has 130 valence electrons. The monoisotopic (exact) mass is 358 g/mol. The Balaban J connectivity index is 2.03. The predicted molar refractivity (Wildman–Crippen MR) is 94.7 cm³/mol. The minimum Gasteiger partial charge on any atom is -0.465 e. The zero-order valence-corrected chi connectivity index (χ0v) is 14.4. The molecule has 3 aromatic rings. The van der Waals surface area contributed by atoms with E-state index in [9.17, 15) is 13.2 Å². The summed E-state index contributed by atoms with van der Waals surface area (Å²) in [5.74, 6) is 0. The molecule has 0 spiro atoms. The van der Waals surface area contributed by atoms with Crippen LogP contribution in [0.25, 0.3) is 10.9 Å². The van der Waals surface area contributed by atoms with Gasteiger partial charge in [-0.25, -0.2) is 13.2 Å². The minimum absolute atomic E-state index is 0.220. The van der Waals surface area contributed by atoms with Gasteiger partial charge in [-0.2, -0.15) is 0 Å². The molecule has 0 aliphatic rings. The summed E-state index contributed by atoms with van der Waals surface area (Å²) in [7, 11) is -3.60. The van der Waals surface area contributed by atoms with Gasteiger partial charge in [0, 0.05) is 23.1 Å². The lowest BCUT2D eigenvalue weighted by atomic mass is 10.1. The van der Waals surface area contributed by atoms with Crippen LogP contribution in [0.1, 0.15) is 11.3 Å². The molecule has 0 fully saturated rings. The normalized spacial score (nSPS) is 11.6. The van der Waals surface area contributed by atoms with Crippen LogP contribution in [0.4, 0.5) is 4.79 Å². The molecule has 0 aliphatic heterocycles. The number of aryl methyl sites for hydroxylation is 1. The molecule has 1 amide bonds. The fraction of sp³-hybridized carbons (Fsp3) is 0.167. The fourth-order valence-electron chi connectivity index (χ4n) is 2.88. The van der Waals surface area contributed by atoms with Gasteiger partial charge in [-0.3, -0.25) is 0 Å². The summed E-state index contributed by atoms with van der Waals surface area (Å²) >= 11 is 0. The molecule has 0 saturated heterocycles. The van der Waals surface area contributed by atoms with Crippen molar-refractivity contribution in [3.8, 4) is 0 Å². The van der Waals surface area contributed by atoms with Crippen LogP contribution in [0, 0.1) is 6.92 Å². The van der Waals surface area contributed by atoms with Crippen molar-refractivity contribution in [2.75, 3.05) is 6.54 Å². The molecule has 0 radical (unpaired) electrons. The first-order valence-corrected chi connectivity index (χ1v) is 9.26. The third kappa shape index (κ3) is 3.36. The first-order chi connectivity index (χ1) is 11.9. The van der Waals surface area contributed by atoms with Crippen LogP contribution in [0.5, 0.6) is 0 Å². The average Bonchev–Trinajstić information content (AvgIpc) is 2.90. The van der Waals surface area contributed by atoms with Crippen molar-refractivity contribution in [1.29, 1.82) is 0 Å². The lowest BCUT2D eigenvalue weighted by molar-refractivity contribution is 0.194. The average molecular weight is 358 g/mol. The van der Waals surface area contributed by atoms with E-state index in [1.165, 1.54) is 0 Å². The Labute approximate surface area is 145 Å². The van der Waals surface area contributed by atoms with Gasteiger partial charge in [0.1, 0.15) is 0 Å². The molecule has 3 rings (SSSR count). The molecule has 0 unspecified atom stereocenters. The van der Waals surface area contributed by atoms with E-state index >= 15 is 0 Å². The zero-order chi connectivity index (χ0) is 18.0. The zero-order valence-electron chi connectivity index (χ0n) is 13.6. The predicted octanol–water partition coefficient (Wildman–Crippen LogP) is 3.12. The second kappa shape index (κ2) is 6.60. The van der Waals surface area contributed by atoms with Crippen LogP contribution in [-0.4, -0.2) is 31.1 Å². The molecular formula is C18H18N2O4S. The highest BCUT2D eigenvalue weighted by Gasteiger charge is 2.19. The molecule has 0 aliphatic carbocycles. The van der Waals surface area contributed by atoms with E-state index in [1.54, 1.807) is 48.5 Å². The van der Waals surface area contributed by atoms with E-state index < -0.39 is 15.9 Å².